The Morgan fingerprint density at radius 2 is 1.70 bits per heavy atom. The van der Waals surface area contributed by atoms with Gasteiger partial charge in [0.05, 0.1) is 29.6 Å². The quantitative estimate of drug-likeness (QED) is 0.241. The molecule has 3 rings (SSSR count). The summed E-state index contributed by atoms with van der Waals surface area (Å²) >= 11 is 0. The molecule has 1 aliphatic rings. The molecule has 0 aromatic heterocycles. The number of sulfone groups is 1. The highest BCUT2D eigenvalue weighted by Crippen LogP contribution is 2.19. The molecule has 1 amide bonds. The fourth-order valence-corrected chi connectivity index (χ4v) is 4.62. The Kier molecular flexibility index (Phi) is 7.96. The number of carbonyl (C=O) groups excluding carboxylic acids is 2. The Morgan fingerprint density at radius 1 is 1.06 bits per heavy atom. The Balaban J connectivity index is 1.72. The molecule has 0 aliphatic carbocycles. The van der Waals surface area contributed by atoms with Gasteiger partial charge < -0.3 is 19.1 Å². The standard InChI is InChI=1S/C21H22N2O9S/c24-20(22-10-12-30-13-11-22)19(15-33(28,29)14-16-4-2-1-3-5-16)32-21(25)31-18-8-6-17(7-9-18)23(26)27/h1-9,19H,10-15H2/t19-/m0/s1. The zero-order valence-electron chi connectivity index (χ0n) is 17.5. The number of amides is 1. The molecule has 1 atom stereocenters. The summed E-state index contributed by atoms with van der Waals surface area (Å²) in [6.45, 7) is 1.02. The lowest BCUT2D eigenvalue weighted by atomic mass is 10.2. The predicted molar refractivity (Wildman–Crippen MR) is 115 cm³/mol. The van der Waals surface area contributed by atoms with Crippen LogP contribution in [0.15, 0.2) is 54.6 Å². The van der Waals surface area contributed by atoms with E-state index in [0.29, 0.717) is 5.56 Å². The van der Waals surface area contributed by atoms with Crippen molar-refractivity contribution in [2.24, 2.45) is 0 Å². The molecule has 12 heteroatoms. The Labute approximate surface area is 189 Å². The average molecular weight is 478 g/mol. The van der Waals surface area contributed by atoms with Gasteiger partial charge in [-0.3, -0.25) is 14.9 Å². The lowest BCUT2D eigenvalue weighted by Gasteiger charge is -2.29. The van der Waals surface area contributed by atoms with Crippen LogP contribution in [0.4, 0.5) is 10.5 Å². The third-order valence-electron chi connectivity index (χ3n) is 4.72. The largest absolute Gasteiger partial charge is 0.514 e. The van der Waals surface area contributed by atoms with Crippen molar-refractivity contribution in [1.29, 1.82) is 0 Å². The van der Waals surface area contributed by atoms with Gasteiger partial charge in [-0.15, -0.1) is 0 Å². The molecular formula is C21H22N2O9S. The van der Waals surface area contributed by atoms with Crippen LogP contribution in [0.5, 0.6) is 5.75 Å². The minimum atomic E-state index is -3.84. The van der Waals surface area contributed by atoms with E-state index in [1.807, 2.05) is 0 Å². The number of nitrogens with zero attached hydrogens (tertiary/aromatic N) is 2. The molecule has 0 bridgehead atoms. The fourth-order valence-electron chi connectivity index (χ4n) is 3.13. The van der Waals surface area contributed by atoms with Gasteiger partial charge in [0.15, 0.2) is 15.9 Å². The van der Waals surface area contributed by atoms with Crippen LogP contribution in [0.2, 0.25) is 0 Å². The summed E-state index contributed by atoms with van der Waals surface area (Å²) in [7, 11) is -3.84. The van der Waals surface area contributed by atoms with Crippen LogP contribution in [-0.2, 0) is 29.9 Å². The second kappa shape index (κ2) is 10.9. The molecule has 1 saturated heterocycles. The maximum atomic E-state index is 12.9. The first kappa shape index (κ1) is 24.1. The van der Waals surface area contributed by atoms with Gasteiger partial charge in [-0.2, -0.15) is 0 Å². The van der Waals surface area contributed by atoms with Crippen LogP contribution in [0.1, 0.15) is 5.56 Å². The van der Waals surface area contributed by atoms with Crippen molar-refractivity contribution < 1.29 is 37.1 Å². The monoisotopic (exact) mass is 478 g/mol. The second-order valence-corrected chi connectivity index (χ2v) is 9.30. The van der Waals surface area contributed by atoms with E-state index in [-0.39, 0.29) is 43.5 Å². The Morgan fingerprint density at radius 3 is 2.30 bits per heavy atom. The van der Waals surface area contributed by atoms with E-state index in [9.17, 15) is 28.1 Å². The number of hydrogen-bond donors (Lipinski definition) is 0. The van der Waals surface area contributed by atoms with Crippen molar-refractivity contribution in [1.82, 2.24) is 4.90 Å². The molecule has 0 N–H and O–H groups in total. The van der Waals surface area contributed by atoms with E-state index in [0.717, 1.165) is 12.1 Å². The lowest BCUT2D eigenvalue weighted by Crippen LogP contribution is -2.49. The highest BCUT2D eigenvalue weighted by molar-refractivity contribution is 7.90. The maximum Gasteiger partial charge on any atom is 0.514 e. The summed E-state index contributed by atoms with van der Waals surface area (Å²) in [5, 5.41) is 10.7. The second-order valence-electron chi connectivity index (χ2n) is 7.19. The van der Waals surface area contributed by atoms with Crippen LogP contribution in [0.25, 0.3) is 0 Å². The molecule has 176 valence electrons. The van der Waals surface area contributed by atoms with Crippen molar-refractivity contribution in [3.05, 3.63) is 70.3 Å². The molecule has 0 radical (unpaired) electrons. The number of nitro groups is 1. The lowest BCUT2D eigenvalue weighted by molar-refractivity contribution is -0.384. The predicted octanol–water partition coefficient (Wildman–Crippen LogP) is 1.95. The zero-order valence-corrected chi connectivity index (χ0v) is 18.3. The molecule has 11 nitrogen and oxygen atoms in total. The fraction of sp³-hybridized carbons (Fsp3) is 0.333. The summed E-state index contributed by atoms with van der Waals surface area (Å²) in [4.78, 5) is 36.7. The van der Waals surface area contributed by atoms with Crippen LogP contribution < -0.4 is 4.74 Å². The molecular weight excluding hydrogens is 456 g/mol. The van der Waals surface area contributed by atoms with Gasteiger partial charge in [-0.1, -0.05) is 30.3 Å². The van der Waals surface area contributed by atoms with E-state index >= 15 is 0 Å². The van der Waals surface area contributed by atoms with E-state index in [1.54, 1.807) is 30.3 Å². The van der Waals surface area contributed by atoms with E-state index in [4.69, 9.17) is 14.2 Å². The normalized spacial score (nSPS) is 14.8. The molecule has 0 unspecified atom stereocenters. The number of ether oxygens (including phenoxy) is 3. The summed E-state index contributed by atoms with van der Waals surface area (Å²) in [6, 6.07) is 13.0. The highest BCUT2D eigenvalue weighted by Gasteiger charge is 2.34. The van der Waals surface area contributed by atoms with Gasteiger partial charge in [0.1, 0.15) is 5.75 Å². The SMILES string of the molecule is O=C(Oc1ccc([N+](=O)[O-])cc1)O[C@@H](CS(=O)(=O)Cc1ccccc1)C(=O)N1CCOCC1. The molecule has 2 aromatic rings. The van der Waals surface area contributed by atoms with E-state index in [2.05, 4.69) is 0 Å². The maximum absolute atomic E-state index is 12.9. The third kappa shape index (κ3) is 7.26. The third-order valence-corrected chi connectivity index (χ3v) is 6.30. The van der Waals surface area contributed by atoms with Crippen LogP contribution in [0, 0.1) is 10.1 Å². The number of benzene rings is 2. The van der Waals surface area contributed by atoms with Crippen molar-refractivity contribution in [2.75, 3.05) is 32.1 Å². The number of nitro benzene ring substituents is 1. The first-order valence-electron chi connectivity index (χ1n) is 9.97. The van der Waals surface area contributed by atoms with Crippen molar-refractivity contribution in [2.45, 2.75) is 11.9 Å². The van der Waals surface area contributed by atoms with Gasteiger partial charge in [0, 0.05) is 25.2 Å². The molecule has 1 fully saturated rings. The smallest absolute Gasteiger partial charge is 0.419 e. The molecule has 1 aliphatic heterocycles. The summed E-state index contributed by atoms with van der Waals surface area (Å²) in [5.74, 6) is -1.79. The van der Waals surface area contributed by atoms with E-state index < -0.39 is 38.7 Å². The summed E-state index contributed by atoms with van der Waals surface area (Å²) < 4.78 is 40.8. The van der Waals surface area contributed by atoms with Gasteiger partial charge in [0.2, 0.25) is 0 Å². The zero-order chi connectivity index (χ0) is 23.8. The molecule has 0 spiro atoms. The first-order valence-corrected chi connectivity index (χ1v) is 11.8. The molecule has 1 heterocycles. The molecule has 2 aromatic carbocycles. The summed E-state index contributed by atoms with van der Waals surface area (Å²) in [6.07, 6.45) is -2.92. The van der Waals surface area contributed by atoms with E-state index in [1.165, 1.54) is 17.0 Å². The van der Waals surface area contributed by atoms with Crippen molar-refractivity contribution in [3.63, 3.8) is 0 Å². The van der Waals surface area contributed by atoms with Gasteiger partial charge >= 0.3 is 6.16 Å². The van der Waals surface area contributed by atoms with Gasteiger partial charge in [-0.25, -0.2) is 13.2 Å². The minimum absolute atomic E-state index is 0.0599. The topological polar surface area (TPSA) is 142 Å². The molecule has 0 saturated carbocycles. The van der Waals surface area contributed by atoms with Gasteiger partial charge in [-0.05, 0) is 17.7 Å². The number of rotatable bonds is 8. The van der Waals surface area contributed by atoms with Crippen LogP contribution >= 0.6 is 0 Å². The highest BCUT2D eigenvalue weighted by atomic mass is 32.2. The number of carbonyl (C=O) groups is 2. The van der Waals surface area contributed by atoms with Crippen LogP contribution in [0.3, 0.4) is 0 Å². The molecule has 33 heavy (non-hydrogen) atoms. The van der Waals surface area contributed by atoms with Crippen molar-refractivity contribution in [3.8, 4) is 5.75 Å². The summed E-state index contributed by atoms with van der Waals surface area (Å²) in [5.41, 5.74) is 0.326. The Bertz CT molecular complexity index is 1080. The number of morpholine rings is 1. The average Bonchev–Trinajstić information content (AvgIpc) is 2.79. The minimum Gasteiger partial charge on any atom is -0.419 e. The first-order chi connectivity index (χ1) is 15.7. The van der Waals surface area contributed by atoms with Crippen LogP contribution in [-0.4, -0.2) is 68.5 Å². The van der Waals surface area contributed by atoms with Crippen molar-refractivity contribution >= 4 is 27.6 Å². The number of non-ortho nitro benzene ring substituents is 1. The van der Waals surface area contributed by atoms with Gasteiger partial charge in [0.25, 0.3) is 11.6 Å². The number of hydrogen-bond acceptors (Lipinski definition) is 9. The Hall–Kier alpha value is -3.51.